The standard InChI is InChI=1S/C30H32F2N6O2/c1-16-7-19(10-26(33)30(16)36-17(2)39)23-5-6-34-12-20(23)11-28-35-13-22-3-4-27(37-38(22)28)29-24(31)8-18(9-25(29)32)21-14-40-15-21/h3-6,8-9,12-13,16,19,21,26,30H,7,10-11,14-15,33H2,1-2H3,(H,36,39)/t16-,19+,26+,30-/m0/s1. The van der Waals surface area contributed by atoms with Crippen molar-refractivity contribution in [3.8, 4) is 11.3 Å². The summed E-state index contributed by atoms with van der Waals surface area (Å²) in [7, 11) is 0. The molecule has 8 nitrogen and oxygen atoms in total. The molecule has 0 bridgehead atoms. The van der Waals surface area contributed by atoms with Gasteiger partial charge in [0.2, 0.25) is 5.91 Å². The second-order valence-electron chi connectivity index (χ2n) is 11.1. The summed E-state index contributed by atoms with van der Waals surface area (Å²) in [6, 6.07) is 7.92. The number of benzene rings is 1. The van der Waals surface area contributed by atoms with Crippen molar-refractivity contribution in [2.24, 2.45) is 11.7 Å². The minimum atomic E-state index is -0.648. The number of carbonyl (C=O) groups excluding carboxylic acids is 1. The van der Waals surface area contributed by atoms with Crippen molar-refractivity contribution in [1.82, 2.24) is 24.9 Å². The molecule has 1 amide bonds. The lowest BCUT2D eigenvalue weighted by atomic mass is 9.72. The fourth-order valence-corrected chi connectivity index (χ4v) is 6.17. The summed E-state index contributed by atoms with van der Waals surface area (Å²) in [5, 5.41) is 7.61. The van der Waals surface area contributed by atoms with Crippen LogP contribution in [0.15, 0.2) is 48.9 Å². The maximum atomic E-state index is 15.1. The van der Waals surface area contributed by atoms with Crippen molar-refractivity contribution >= 4 is 11.4 Å². The Kier molecular flexibility index (Phi) is 7.06. The van der Waals surface area contributed by atoms with Crippen molar-refractivity contribution in [2.75, 3.05) is 13.2 Å². The Morgan fingerprint density at radius 1 is 1.12 bits per heavy atom. The minimum Gasteiger partial charge on any atom is -0.380 e. The number of fused-ring (bicyclic) bond motifs is 1. The van der Waals surface area contributed by atoms with Crippen molar-refractivity contribution in [2.45, 2.75) is 57.0 Å². The summed E-state index contributed by atoms with van der Waals surface area (Å²) >= 11 is 0. The Hall–Kier alpha value is -3.76. The van der Waals surface area contributed by atoms with Gasteiger partial charge in [-0.3, -0.25) is 9.78 Å². The van der Waals surface area contributed by atoms with Crippen molar-refractivity contribution in [3.05, 3.63) is 83.1 Å². The van der Waals surface area contributed by atoms with Gasteiger partial charge in [-0.05, 0) is 71.7 Å². The molecule has 4 aromatic rings. The largest absolute Gasteiger partial charge is 0.380 e. The topological polar surface area (TPSA) is 107 Å². The summed E-state index contributed by atoms with van der Waals surface area (Å²) < 4.78 is 37.1. The zero-order valence-corrected chi connectivity index (χ0v) is 22.5. The Morgan fingerprint density at radius 2 is 1.90 bits per heavy atom. The number of aromatic nitrogens is 4. The van der Waals surface area contributed by atoms with Gasteiger partial charge < -0.3 is 15.8 Å². The first-order valence-corrected chi connectivity index (χ1v) is 13.6. The van der Waals surface area contributed by atoms with Crippen LogP contribution in [-0.2, 0) is 16.0 Å². The zero-order valence-electron chi connectivity index (χ0n) is 22.5. The molecular formula is C30H32F2N6O2. The number of amides is 1. The lowest BCUT2D eigenvalue weighted by Gasteiger charge is -2.39. The quantitative estimate of drug-likeness (QED) is 0.377. The van der Waals surface area contributed by atoms with Gasteiger partial charge in [0.15, 0.2) is 0 Å². The first-order valence-electron chi connectivity index (χ1n) is 13.6. The van der Waals surface area contributed by atoms with Gasteiger partial charge in [-0.25, -0.2) is 18.3 Å². The lowest BCUT2D eigenvalue weighted by Crippen LogP contribution is -2.54. The molecule has 3 N–H and O–H groups in total. The molecule has 2 aliphatic rings. The van der Waals surface area contributed by atoms with Gasteiger partial charge in [0.1, 0.15) is 17.5 Å². The van der Waals surface area contributed by atoms with E-state index >= 15 is 8.78 Å². The average Bonchev–Trinajstić information content (AvgIpc) is 3.27. The Labute approximate surface area is 231 Å². The number of halogens is 2. The van der Waals surface area contributed by atoms with Gasteiger partial charge >= 0.3 is 0 Å². The fraction of sp³-hybridized carbons (Fsp3) is 0.400. The predicted molar refractivity (Wildman–Crippen MR) is 146 cm³/mol. The van der Waals surface area contributed by atoms with E-state index in [4.69, 9.17) is 10.5 Å². The van der Waals surface area contributed by atoms with E-state index in [1.54, 1.807) is 29.0 Å². The summed E-state index contributed by atoms with van der Waals surface area (Å²) in [5.41, 5.74) is 10.00. The van der Waals surface area contributed by atoms with Crippen LogP contribution in [0.3, 0.4) is 0 Å². The number of nitrogens with one attached hydrogen (secondary N) is 1. The maximum absolute atomic E-state index is 15.1. The second-order valence-corrected chi connectivity index (χ2v) is 11.1. The van der Waals surface area contributed by atoms with Crippen LogP contribution < -0.4 is 11.1 Å². The van der Waals surface area contributed by atoms with E-state index in [0.29, 0.717) is 31.0 Å². The molecule has 0 spiro atoms. The van der Waals surface area contributed by atoms with Crippen molar-refractivity contribution in [1.29, 1.82) is 0 Å². The Balaban J connectivity index is 1.29. The smallest absolute Gasteiger partial charge is 0.217 e. The highest BCUT2D eigenvalue weighted by atomic mass is 19.1. The summed E-state index contributed by atoms with van der Waals surface area (Å²) in [6.45, 7) is 4.58. The number of imidazole rings is 1. The van der Waals surface area contributed by atoms with Gasteiger partial charge in [-0.15, -0.1) is 0 Å². The van der Waals surface area contributed by atoms with Crippen LogP contribution in [0, 0.1) is 17.6 Å². The van der Waals surface area contributed by atoms with E-state index in [9.17, 15) is 4.79 Å². The Morgan fingerprint density at radius 3 is 2.58 bits per heavy atom. The van der Waals surface area contributed by atoms with Crippen LogP contribution in [0.1, 0.15) is 61.0 Å². The molecule has 4 atom stereocenters. The monoisotopic (exact) mass is 546 g/mol. The SMILES string of the molecule is CC(=O)N[C@@H]1[C@H](N)C[C@H](c2ccncc2Cc2ncc3ccc(-c4c(F)cc(C5COC5)cc4F)nn23)C[C@@H]1C. The van der Waals surface area contributed by atoms with Crippen LogP contribution in [0.25, 0.3) is 16.8 Å². The Bertz CT molecular complexity index is 1530. The highest BCUT2D eigenvalue weighted by Crippen LogP contribution is 2.38. The van der Waals surface area contributed by atoms with E-state index in [0.717, 1.165) is 29.5 Å². The summed E-state index contributed by atoms with van der Waals surface area (Å²) in [4.78, 5) is 20.6. The number of nitrogens with zero attached hydrogens (tertiary/aromatic N) is 4. The molecular weight excluding hydrogens is 514 g/mol. The molecule has 1 saturated heterocycles. The normalized spacial score (nSPS) is 23.2. The second kappa shape index (κ2) is 10.7. The molecule has 1 aliphatic heterocycles. The molecule has 208 valence electrons. The summed E-state index contributed by atoms with van der Waals surface area (Å²) in [5.74, 6) is -0.304. The lowest BCUT2D eigenvalue weighted by molar-refractivity contribution is -0.120. The zero-order chi connectivity index (χ0) is 28.0. The third kappa shape index (κ3) is 4.97. The molecule has 2 fully saturated rings. The van der Waals surface area contributed by atoms with Crippen LogP contribution in [0.4, 0.5) is 8.78 Å². The number of hydrogen-bond acceptors (Lipinski definition) is 6. The fourth-order valence-electron chi connectivity index (χ4n) is 6.17. The molecule has 6 rings (SSSR count). The van der Waals surface area contributed by atoms with Crippen LogP contribution >= 0.6 is 0 Å². The van der Waals surface area contributed by atoms with Gasteiger partial charge in [0.05, 0.1) is 36.2 Å². The molecule has 1 saturated carbocycles. The number of ether oxygens (including phenoxy) is 1. The van der Waals surface area contributed by atoms with Gasteiger partial charge in [0, 0.05) is 43.7 Å². The molecule has 4 heterocycles. The molecule has 1 aliphatic carbocycles. The first kappa shape index (κ1) is 26.5. The van der Waals surface area contributed by atoms with Gasteiger partial charge in [-0.1, -0.05) is 6.92 Å². The van der Waals surface area contributed by atoms with Crippen molar-refractivity contribution in [3.63, 3.8) is 0 Å². The minimum absolute atomic E-state index is 0.0143. The number of hydrogen-bond donors (Lipinski definition) is 2. The van der Waals surface area contributed by atoms with E-state index in [2.05, 4.69) is 27.3 Å². The first-order chi connectivity index (χ1) is 19.3. The molecule has 40 heavy (non-hydrogen) atoms. The van der Waals surface area contributed by atoms with E-state index in [1.807, 2.05) is 12.3 Å². The third-order valence-electron chi connectivity index (χ3n) is 8.27. The number of nitrogens with two attached hydrogens (primary N) is 1. The van der Waals surface area contributed by atoms with Crippen molar-refractivity contribution < 1.29 is 18.3 Å². The number of rotatable bonds is 6. The molecule has 3 aromatic heterocycles. The van der Waals surface area contributed by atoms with E-state index in [-0.39, 0.29) is 47.0 Å². The molecule has 10 heteroatoms. The molecule has 1 aromatic carbocycles. The van der Waals surface area contributed by atoms with E-state index in [1.165, 1.54) is 19.1 Å². The van der Waals surface area contributed by atoms with Gasteiger partial charge in [-0.2, -0.15) is 5.10 Å². The number of pyridine rings is 1. The highest BCUT2D eigenvalue weighted by molar-refractivity contribution is 5.73. The van der Waals surface area contributed by atoms with Crippen LogP contribution in [-0.4, -0.2) is 50.8 Å². The highest BCUT2D eigenvalue weighted by Gasteiger charge is 2.35. The predicted octanol–water partition coefficient (Wildman–Crippen LogP) is 4.12. The molecule has 0 radical (unpaired) electrons. The third-order valence-corrected chi connectivity index (χ3v) is 8.27. The summed E-state index contributed by atoms with van der Waals surface area (Å²) in [6.07, 6.45) is 7.36. The average molecular weight is 547 g/mol. The van der Waals surface area contributed by atoms with Crippen LogP contribution in [0.2, 0.25) is 0 Å². The molecule has 0 unspecified atom stereocenters. The van der Waals surface area contributed by atoms with Crippen LogP contribution in [0.5, 0.6) is 0 Å². The van der Waals surface area contributed by atoms with Gasteiger partial charge in [0.25, 0.3) is 0 Å². The maximum Gasteiger partial charge on any atom is 0.217 e. The van der Waals surface area contributed by atoms with E-state index < -0.39 is 11.6 Å². The number of carbonyl (C=O) groups is 1.